The number of nitrogens with zero attached hydrogens (tertiary/aromatic N) is 1. The van der Waals surface area contributed by atoms with Crippen LogP contribution in [0.4, 0.5) is 0 Å². The molecule has 1 saturated heterocycles. The van der Waals surface area contributed by atoms with Gasteiger partial charge in [0.25, 0.3) is 0 Å². The molecule has 35 heavy (non-hydrogen) atoms. The Labute approximate surface area is 212 Å². The predicted octanol–water partition coefficient (Wildman–Crippen LogP) is 4.25. The summed E-state index contributed by atoms with van der Waals surface area (Å²) < 4.78 is 12.0. The molecule has 7 nitrogen and oxygen atoms in total. The molecule has 2 N–H and O–H groups in total. The largest absolute Gasteiger partial charge is 0.458 e. The number of Topliss-reactive ketones (excluding diaryl/α,β-unsaturated/α-hetero) is 1. The number of cyclic esters (lactones) is 1. The molecule has 2 aliphatic rings. The summed E-state index contributed by atoms with van der Waals surface area (Å²) in [5.74, 6) is -1.06. The number of aliphatic hydroxyl groups excluding tert-OH is 2. The Kier molecular flexibility index (Phi) is 8.73. The number of aliphatic hydroxyl groups is 2. The van der Waals surface area contributed by atoms with Gasteiger partial charge >= 0.3 is 5.97 Å². The topological polar surface area (TPSA) is 106 Å². The Hall–Kier alpha value is -1.87. The fraction of sp³-hybridized carbons (Fsp3) is 0.667. The maximum absolute atomic E-state index is 13.4. The average Bonchev–Trinajstić information content (AvgIpc) is 3.35. The van der Waals surface area contributed by atoms with Crippen LogP contribution in [-0.2, 0) is 19.1 Å². The molecule has 3 rings (SSSR count). The maximum atomic E-state index is 13.4. The number of aryl methyl sites for hydroxylation is 1. The van der Waals surface area contributed by atoms with E-state index in [0.29, 0.717) is 0 Å². The van der Waals surface area contributed by atoms with Gasteiger partial charge in [0.05, 0.1) is 47.0 Å². The molecule has 2 bridgehead atoms. The van der Waals surface area contributed by atoms with Crippen LogP contribution in [0, 0.1) is 24.2 Å². The van der Waals surface area contributed by atoms with Crippen LogP contribution in [0.5, 0.6) is 0 Å². The summed E-state index contributed by atoms with van der Waals surface area (Å²) in [7, 11) is 0. The van der Waals surface area contributed by atoms with Crippen molar-refractivity contribution in [2.45, 2.75) is 98.2 Å². The molecule has 194 valence electrons. The van der Waals surface area contributed by atoms with Crippen LogP contribution in [0.3, 0.4) is 0 Å². The normalized spacial score (nSPS) is 36.7. The summed E-state index contributed by atoms with van der Waals surface area (Å²) in [6, 6.07) is 0. The Morgan fingerprint density at radius 2 is 1.89 bits per heavy atom. The number of thiazole rings is 1. The van der Waals surface area contributed by atoms with Crippen molar-refractivity contribution in [3.63, 3.8) is 0 Å². The first-order valence-electron chi connectivity index (χ1n) is 12.3. The summed E-state index contributed by atoms with van der Waals surface area (Å²) in [6.07, 6.45) is 1.07. The predicted molar refractivity (Wildman–Crippen MR) is 136 cm³/mol. The Morgan fingerprint density at radius 3 is 2.51 bits per heavy atom. The van der Waals surface area contributed by atoms with E-state index in [2.05, 4.69) is 11.9 Å². The van der Waals surface area contributed by atoms with Crippen molar-refractivity contribution in [3.8, 4) is 0 Å². The Balaban J connectivity index is 1.95. The number of fused-ring (bicyclic) bond motifs is 2. The molecule has 0 unspecified atom stereocenters. The molecule has 0 radical (unpaired) electrons. The van der Waals surface area contributed by atoms with Crippen LogP contribution in [0.2, 0.25) is 0 Å². The number of ether oxygens (including phenoxy) is 2. The monoisotopic (exact) mass is 505 g/mol. The fourth-order valence-electron chi connectivity index (χ4n) is 5.02. The third-order valence-corrected chi connectivity index (χ3v) is 8.23. The number of hydrogen-bond acceptors (Lipinski definition) is 8. The number of esters is 1. The fourth-order valence-corrected chi connectivity index (χ4v) is 5.59. The second-order valence-corrected chi connectivity index (χ2v) is 11.8. The van der Waals surface area contributed by atoms with E-state index < -0.39 is 35.6 Å². The third kappa shape index (κ3) is 6.47. The van der Waals surface area contributed by atoms with Crippen LogP contribution < -0.4 is 0 Å². The first-order chi connectivity index (χ1) is 16.3. The van der Waals surface area contributed by atoms with Crippen LogP contribution in [-0.4, -0.2) is 57.5 Å². The number of carbonyl (C=O) groups excluding carboxylic acids is 2. The molecule has 1 aromatic rings. The lowest BCUT2D eigenvalue weighted by Crippen LogP contribution is -2.45. The lowest BCUT2D eigenvalue weighted by molar-refractivity contribution is -0.155. The van der Waals surface area contributed by atoms with Crippen molar-refractivity contribution in [1.82, 2.24) is 4.98 Å². The number of rotatable bonds is 2. The molecule has 0 aliphatic carbocycles. The van der Waals surface area contributed by atoms with Crippen molar-refractivity contribution in [2.24, 2.45) is 17.3 Å². The summed E-state index contributed by atoms with van der Waals surface area (Å²) in [6.45, 7) is 12.8. The lowest BCUT2D eigenvalue weighted by atomic mass is 9.73. The molecule has 7 atom stereocenters. The third-order valence-electron chi connectivity index (χ3n) is 7.44. The zero-order valence-corrected chi connectivity index (χ0v) is 22.6. The van der Waals surface area contributed by atoms with Gasteiger partial charge in [-0.3, -0.25) is 9.59 Å². The first-order valence-corrected chi connectivity index (χ1v) is 13.2. The van der Waals surface area contributed by atoms with Gasteiger partial charge in [-0.1, -0.05) is 33.8 Å². The molecule has 0 saturated carbocycles. The van der Waals surface area contributed by atoms with Crippen molar-refractivity contribution in [3.05, 3.63) is 33.3 Å². The van der Waals surface area contributed by atoms with E-state index in [1.807, 2.05) is 45.2 Å². The van der Waals surface area contributed by atoms with E-state index in [1.54, 1.807) is 13.8 Å². The maximum Gasteiger partial charge on any atom is 0.309 e. The summed E-state index contributed by atoms with van der Waals surface area (Å²) in [4.78, 5) is 30.7. The second kappa shape index (κ2) is 11.0. The van der Waals surface area contributed by atoms with Crippen LogP contribution in [0.25, 0.3) is 6.08 Å². The van der Waals surface area contributed by atoms with Gasteiger partial charge in [-0.05, 0) is 50.3 Å². The van der Waals surface area contributed by atoms with Gasteiger partial charge in [0.2, 0.25) is 0 Å². The number of hydrogen-bond donors (Lipinski definition) is 2. The minimum atomic E-state index is -1.21. The SMILES string of the molecule is C/C(=C\c1csc(C)n1)[C@@H]1C[C@H](O)/C(C)=C/[C@H]2C[C@H](C)[C@H](O2)[C@@H](C)C(=O)C(C)(C)[C@@H](O)CC(=O)O1. The van der Waals surface area contributed by atoms with Gasteiger partial charge in [0, 0.05) is 17.7 Å². The van der Waals surface area contributed by atoms with E-state index in [0.717, 1.165) is 28.3 Å². The van der Waals surface area contributed by atoms with E-state index in [9.17, 15) is 19.8 Å². The van der Waals surface area contributed by atoms with E-state index >= 15 is 0 Å². The highest BCUT2D eigenvalue weighted by atomic mass is 32.1. The van der Waals surface area contributed by atoms with Gasteiger partial charge < -0.3 is 19.7 Å². The Morgan fingerprint density at radius 1 is 1.20 bits per heavy atom. The quantitative estimate of drug-likeness (QED) is 0.457. The standard InChI is InChI=1S/C27H39NO6S/c1-14-9-20-10-16(3)25(33-20)17(4)26(32)27(6,7)23(30)12-24(31)34-22(11-21(14)29)15(2)8-19-13-35-18(5)28-19/h8-9,13,16-17,20-23,25,29-30H,10-12H2,1-7H3/b14-9+,15-8+/t16-,17+,20-,21-,22-,23-,25-/m0/s1. The second-order valence-electron chi connectivity index (χ2n) is 10.8. The van der Waals surface area contributed by atoms with Gasteiger partial charge in [0.1, 0.15) is 11.9 Å². The summed E-state index contributed by atoms with van der Waals surface area (Å²) in [5, 5.41) is 24.7. The highest BCUT2D eigenvalue weighted by Crippen LogP contribution is 2.38. The Bertz CT molecular complexity index is 996. The molecule has 1 aromatic heterocycles. The smallest absolute Gasteiger partial charge is 0.309 e. The minimum Gasteiger partial charge on any atom is -0.458 e. The number of aromatic nitrogens is 1. The number of ketones is 1. The molecule has 8 heteroatoms. The van der Waals surface area contributed by atoms with E-state index in [-0.39, 0.29) is 36.8 Å². The van der Waals surface area contributed by atoms with Gasteiger partial charge in [-0.15, -0.1) is 11.3 Å². The molecular formula is C27H39NO6S. The molecular weight excluding hydrogens is 466 g/mol. The van der Waals surface area contributed by atoms with Gasteiger partial charge in [0.15, 0.2) is 0 Å². The molecule has 0 spiro atoms. The lowest BCUT2D eigenvalue weighted by Gasteiger charge is -2.34. The van der Waals surface area contributed by atoms with Gasteiger partial charge in [-0.25, -0.2) is 4.98 Å². The number of carbonyl (C=O) groups is 2. The van der Waals surface area contributed by atoms with Crippen molar-refractivity contribution >= 4 is 29.2 Å². The molecule has 1 fully saturated rings. The highest BCUT2D eigenvalue weighted by molar-refractivity contribution is 7.09. The summed E-state index contributed by atoms with van der Waals surface area (Å²) in [5.41, 5.74) is 1.09. The first kappa shape index (κ1) is 27.7. The van der Waals surface area contributed by atoms with Gasteiger partial charge in [-0.2, -0.15) is 0 Å². The van der Waals surface area contributed by atoms with Crippen LogP contribution in [0.1, 0.15) is 71.5 Å². The van der Waals surface area contributed by atoms with Crippen molar-refractivity contribution in [2.75, 3.05) is 0 Å². The average molecular weight is 506 g/mol. The van der Waals surface area contributed by atoms with Crippen molar-refractivity contribution in [1.29, 1.82) is 0 Å². The highest BCUT2D eigenvalue weighted by Gasteiger charge is 2.45. The van der Waals surface area contributed by atoms with E-state index in [4.69, 9.17) is 9.47 Å². The van der Waals surface area contributed by atoms with E-state index in [1.165, 1.54) is 11.3 Å². The van der Waals surface area contributed by atoms with Crippen molar-refractivity contribution < 1.29 is 29.3 Å². The summed E-state index contributed by atoms with van der Waals surface area (Å²) >= 11 is 1.53. The molecule has 0 aromatic carbocycles. The molecule has 3 heterocycles. The molecule has 0 amide bonds. The van der Waals surface area contributed by atoms with Crippen LogP contribution >= 0.6 is 11.3 Å². The zero-order valence-electron chi connectivity index (χ0n) is 21.8. The zero-order chi connectivity index (χ0) is 26.1. The minimum absolute atomic E-state index is 0.141. The van der Waals surface area contributed by atoms with Crippen LogP contribution in [0.15, 0.2) is 22.6 Å². The molecule has 2 aliphatic heterocycles.